The van der Waals surface area contributed by atoms with E-state index in [9.17, 15) is 9.59 Å². The Kier molecular flexibility index (Phi) is 10.1. The predicted octanol–water partition coefficient (Wildman–Crippen LogP) is 2.59. The lowest BCUT2D eigenvalue weighted by atomic mass is 9.95. The molecular formula is C27H28N4O6S. The van der Waals surface area contributed by atoms with Gasteiger partial charge in [-0.3, -0.25) is 4.79 Å². The zero-order valence-corrected chi connectivity index (χ0v) is 22.0. The molecule has 38 heavy (non-hydrogen) atoms. The summed E-state index contributed by atoms with van der Waals surface area (Å²) in [6.07, 6.45) is 6.70. The van der Waals surface area contributed by atoms with Crippen LogP contribution in [0, 0.1) is 12.3 Å². The Bertz CT molecular complexity index is 1300. The molecule has 0 aliphatic carbocycles. The Morgan fingerprint density at radius 3 is 2.68 bits per heavy atom. The number of nitrogens with zero attached hydrogens (tertiary/aromatic N) is 1. The molecule has 1 heterocycles. The predicted molar refractivity (Wildman–Crippen MR) is 146 cm³/mol. The van der Waals surface area contributed by atoms with Crippen molar-refractivity contribution in [3.05, 3.63) is 64.9 Å². The SMILES string of the molecule is C#CCOc1c(C=NNC(=O)COc2ccccc2[C@H]2NC(=S)NC(C)=C2C(=O)OCC)cccc1OC. The first kappa shape index (κ1) is 28.0. The molecule has 2 aromatic rings. The van der Waals surface area contributed by atoms with Crippen molar-refractivity contribution in [2.75, 3.05) is 26.9 Å². The number of rotatable bonds is 11. The zero-order valence-electron chi connectivity index (χ0n) is 21.2. The number of allylic oxidation sites excluding steroid dienone is 1. The quantitative estimate of drug-likeness (QED) is 0.131. The van der Waals surface area contributed by atoms with Gasteiger partial charge < -0.3 is 29.6 Å². The molecule has 1 amide bonds. The molecule has 1 atom stereocenters. The van der Waals surface area contributed by atoms with E-state index in [0.717, 1.165) is 0 Å². The fourth-order valence-corrected chi connectivity index (χ4v) is 3.94. The van der Waals surface area contributed by atoms with Gasteiger partial charge in [0.05, 0.1) is 31.5 Å². The number of nitrogens with one attached hydrogen (secondary N) is 3. The molecule has 11 heteroatoms. The number of thiocarbonyl (C=S) groups is 1. The maximum atomic E-state index is 12.7. The van der Waals surface area contributed by atoms with Gasteiger partial charge in [0.25, 0.3) is 5.91 Å². The number of methoxy groups -OCH3 is 1. The van der Waals surface area contributed by atoms with Crippen LogP contribution in [0.15, 0.2) is 58.8 Å². The molecule has 0 bridgehead atoms. The van der Waals surface area contributed by atoms with Crippen LogP contribution < -0.4 is 30.3 Å². The van der Waals surface area contributed by atoms with Crippen molar-refractivity contribution in [3.8, 4) is 29.6 Å². The summed E-state index contributed by atoms with van der Waals surface area (Å²) in [6, 6.07) is 11.6. The summed E-state index contributed by atoms with van der Waals surface area (Å²) in [5, 5.41) is 10.4. The summed E-state index contributed by atoms with van der Waals surface area (Å²) in [4.78, 5) is 25.2. The lowest BCUT2D eigenvalue weighted by molar-refractivity contribution is -0.139. The Hall–Kier alpha value is -4.56. The highest BCUT2D eigenvalue weighted by Crippen LogP contribution is 2.33. The topological polar surface area (TPSA) is 120 Å². The minimum atomic E-state index is -0.630. The maximum Gasteiger partial charge on any atom is 0.338 e. The zero-order chi connectivity index (χ0) is 27.5. The van der Waals surface area contributed by atoms with E-state index in [-0.39, 0.29) is 19.8 Å². The van der Waals surface area contributed by atoms with Crippen LogP contribution in [-0.4, -0.2) is 50.1 Å². The first-order valence-corrected chi connectivity index (χ1v) is 12.0. The van der Waals surface area contributed by atoms with Crippen LogP contribution in [0.1, 0.15) is 31.0 Å². The standard InChI is InChI=1S/C27H28N4O6S/c1-5-14-36-25-18(10-9-13-21(25)34-4)15-28-31-22(32)16-37-20-12-8-7-11-19(20)24-23(26(33)35-6-2)17(3)29-27(38)30-24/h1,7-13,15,24H,6,14,16H2,2-4H3,(H,31,32)(H2,29,30,38)/t24-/m1/s1. The maximum absolute atomic E-state index is 12.7. The monoisotopic (exact) mass is 536 g/mol. The van der Waals surface area contributed by atoms with E-state index >= 15 is 0 Å². The molecule has 2 aromatic carbocycles. The first-order chi connectivity index (χ1) is 18.4. The van der Waals surface area contributed by atoms with Gasteiger partial charge in [-0.15, -0.1) is 6.42 Å². The Labute approximate surface area is 226 Å². The van der Waals surface area contributed by atoms with Crippen molar-refractivity contribution in [2.45, 2.75) is 19.9 Å². The van der Waals surface area contributed by atoms with Crippen LogP contribution in [0.2, 0.25) is 0 Å². The largest absolute Gasteiger partial charge is 0.493 e. The second-order valence-electron chi connectivity index (χ2n) is 7.78. The van der Waals surface area contributed by atoms with E-state index in [1.165, 1.54) is 13.3 Å². The fourth-order valence-electron chi connectivity index (χ4n) is 3.67. The van der Waals surface area contributed by atoms with Crippen molar-refractivity contribution in [1.82, 2.24) is 16.1 Å². The number of hydrazone groups is 1. The molecule has 0 aromatic heterocycles. The summed E-state index contributed by atoms with van der Waals surface area (Å²) in [7, 11) is 1.51. The number of carbonyl (C=O) groups excluding carboxylic acids is 2. The molecule has 1 aliphatic rings. The highest BCUT2D eigenvalue weighted by atomic mass is 32.1. The molecule has 0 saturated carbocycles. The van der Waals surface area contributed by atoms with Gasteiger partial charge in [0.15, 0.2) is 23.2 Å². The Morgan fingerprint density at radius 1 is 1.18 bits per heavy atom. The first-order valence-electron chi connectivity index (χ1n) is 11.6. The molecule has 10 nitrogen and oxygen atoms in total. The van der Waals surface area contributed by atoms with Crippen molar-refractivity contribution < 1.29 is 28.5 Å². The molecule has 198 valence electrons. The highest BCUT2D eigenvalue weighted by molar-refractivity contribution is 7.80. The Balaban J connectivity index is 1.72. The number of hydrogen-bond acceptors (Lipinski definition) is 8. The number of esters is 1. The summed E-state index contributed by atoms with van der Waals surface area (Å²) < 4.78 is 21.9. The average molecular weight is 537 g/mol. The summed E-state index contributed by atoms with van der Waals surface area (Å²) in [5.41, 5.74) is 4.53. The van der Waals surface area contributed by atoms with Gasteiger partial charge in [-0.1, -0.05) is 30.2 Å². The number of hydrogen-bond donors (Lipinski definition) is 3. The van der Waals surface area contributed by atoms with Crippen molar-refractivity contribution >= 4 is 35.4 Å². The number of para-hydroxylation sites is 2. The minimum absolute atomic E-state index is 0.0457. The molecule has 0 spiro atoms. The molecule has 0 radical (unpaired) electrons. The molecule has 0 unspecified atom stereocenters. The molecule has 1 aliphatic heterocycles. The van der Waals surface area contributed by atoms with Crippen LogP contribution in [0.5, 0.6) is 17.2 Å². The van der Waals surface area contributed by atoms with E-state index in [1.54, 1.807) is 56.3 Å². The van der Waals surface area contributed by atoms with Crippen LogP contribution >= 0.6 is 12.2 Å². The average Bonchev–Trinajstić information content (AvgIpc) is 2.90. The Morgan fingerprint density at radius 2 is 1.95 bits per heavy atom. The van der Waals surface area contributed by atoms with Crippen molar-refractivity contribution in [2.24, 2.45) is 5.10 Å². The van der Waals surface area contributed by atoms with Crippen LogP contribution in [0.3, 0.4) is 0 Å². The van der Waals surface area contributed by atoms with E-state index < -0.39 is 17.9 Å². The number of benzene rings is 2. The number of amides is 1. The van der Waals surface area contributed by atoms with Crippen LogP contribution in [0.25, 0.3) is 0 Å². The van der Waals surface area contributed by atoms with Gasteiger partial charge in [-0.25, -0.2) is 10.2 Å². The molecule has 3 rings (SSSR count). The van der Waals surface area contributed by atoms with Crippen molar-refractivity contribution in [3.63, 3.8) is 0 Å². The van der Waals surface area contributed by atoms with Gasteiger partial charge in [0.1, 0.15) is 12.4 Å². The third-order valence-corrected chi connectivity index (χ3v) is 5.50. The minimum Gasteiger partial charge on any atom is -0.493 e. The third kappa shape index (κ3) is 7.02. The number of ether oxygens (including phenoxy) is 4. The molecule has 3 N–H and O–H groups in total. The van der Waals surface area contributed by atoms with Gasteiger partial charge in [0.2, 0.25) is 0 Å². The molecule has 0 fully saturated rings. The second kappa shape index (κ2) is 13.7. The molecular weight excluding hydrogens is 508 g/mol. The normalized spacial score (nSPS) is 14.7. The summed E-state index contributed by atoms with van der Waals surface area (Å²) in [6.45, 7) is 3.41. The number of terminal acetylenes is 1. The number of carbonyl (C=O) groups is 2. The van der Waals surface area contributed by atoms with Crippen LogP contribution in [-0.2, 0) is 14.3 Å². The second-order valence-corrected chi connectivity index (χ2v) is 8.19. The summed E-state index contributed by atoms with van der Waals surface area (Å²) >= 11 is 5.29. The van der Waals surface area contributed by atoms with Gasteiger partial charge >= 0.3 is 5.97 Å². The lowest BCUT2D eigenvalue weighted by Gasteiger charge is -2.30. The third-order valence-electron chi connectivity index (χ3n) is 5.28. The van der Waals surface area contributed by atoms with E-state index in [1.807, 2.05) is 0 Å². The van der Waals surface area contributed by atoms with Gasteiger partial charge in [-0.2, -0.15) is 5.10 Å². The van der Waals surface area contributed by atoms with Gasteiger partial charge in [0, 0.05) is 16.8 Å². The highest BCUT2D eigenvalue weighted by Gasteiger charge is 2.32. The smallest absolute Gasteiger partial charge is 0.338 e. The van der Waals surface area contributed by atoms with E-state index in [0.29, 0.717) is 44.8 Å². The van der Waals surface area contributed by atoms with Crippen molar-refractivity contribution in [1.29, 1.82) is 0 Å². The van der Waals surface area contributed by atoms with Crippen LogP contribution in [0.4, 0.5) is 0 Å². The molecule has 0 saturated heterocycles. The lowest BCUT2D eigenvalue weighted by Crippen LogP contribution is -2.45. The summed E-state index contributed by atoms with van der Waals surface area (Å²) in [5.74, 6) is 2.69. The fraction of sp³-hybridized carbons (Fsp3) is 0.259. The van der Waals surface area contributed by atoms with E-state index in [2.05, 4.69) is 27.1 Å². The van der Waals surface area contributed by atoms with E-state index in [4.69, 9.17) is 37.6 Å². The van der Waals surface area contributed by atoms with Gasteiger partial charge in [-0.05, 0) is 44.3 Å².